The molecule has 1 N–H and O–H groups in total. The topological polar surface area (TPSA) is 49.4 Å². The van der Waals surface area contributed by atoms with Gasteiger partial charge >= 0.3 is 0 Å². The summed E-state index contributed by atoms with van der Waals surface area (Å²) in [6, 6.07) is 7.10. The zero-order valence-corrected chi connectivity index (χ0v) is 21.0. The van der Waals surface area contributed by atoms with E-state index in [0.29, 0.717) is 21.5 Å². The van der Waals surface area contributed by atoms with Crippen LogP contribution < -0.4 is 5.32 Å². The average Bonchev–Trinajstić information content (AvgIpc) is 3.10. The Morgan fingerprint density at radius 2 is 1.84 bits per heavy atom. The molecule has 2 atom stereocenters. The highest BCUT2D eigenvalue weighted by molar-refractivity contribution is 7.17. The molecule has 1 fully saturated rings. The summed E-state index contributed by atoms with van der Waals surface area (Å²) in [6.07, 6.45) is 6.19. The number of fused-ring (bicyclic) bond motifs is 1. The molecule has 1 aromatic carbocycles. The number of thiophene rings is 1. The zero-order valence-electron chi connectivity index (χ0n) is 19.5. The van der Waals surface area contributed by atoms with E-state index in [9.17, 15) is 9.59 Å². The van der Waals surface area contributed by atoms with Gasteiger partial charge in [0.15, 0.2) is 0 Å². The number of benzene rings is 1. The van der Waals surface area contributed by atoms with Gasteiger partial charge < -0.3 is 10.2 Å². The summed E-state index contributed by atoms with van der Waals surface area (Å²) in [6.45, 7) is 9.81. The monoisotopic (exact) mass is 472 g/mol. The van der Waals surface area contributed by atoms with Gasteiger partial charge in [0, 0.05) is 28.0 Å². The molecule has 2 amide bonds. The summed E-state index contributed by atoms with van der Waals surface area (Å²) in [5, 5.41) is 4.38. The predicted molar refractivity (Wildman–Crippen MR) is 133 cm³/mol. The highest BCUT2D eigenvalue weighted by atomic mass is 35.5. The first-order valence-electron chi connectivity index (χ1n) is 11.7. The van der Waals surface area contributed by atoms with Crippen molar-refractivity contribution in [2.45, 2.75) is 72.3 Å². The van der Waals surface area contributed by atoms with Gasteiger partial charge in [-0.25, -0.2) is 0 Å². The molecule has 0 bridgehead atoms. The summed E-state index contributed by atoms with van der Waals surface area (Å²) < 4.78 is 0. The molecule has 2 heterocycles. The molecule has 4 nitrogen and oxygen atoms in total. The number of carbonyl (C=O) groups excluding carboxylic acids is 2. The van der Waals surface area contributed by atoms with E-state index in [0.717, 1.165) is 49.8 Å². The van der Waals surface area contributed by atoms with Crippen molar-refractivity contribution < 1.29 is 9.59 Å². The standard InChI is InChI=1S/C26H33ClN2O2S/c1-16-7-5-6-14-29(16)25(31)22-20-13-10-18(26(2,3)4)15-21(20)32-24(22)28-23(30)17-8-11-19(27)12-9-17/h8-9,11-12,16,18H,5-7,10,13-15H2,1-4H3,(H,28,30). The molecule has 4 rings (SSSR count). The summed E-state index contributed by atoms with van der Waals surface area (Å²) in [4.78, 5) is 30.0. The molecule has 32 heavy (non-hydrogen) atoms. The van der Waals surface area contributed by atoms with E-state index in [1.807, 2.05) is 4.90 Å². The minimum atomic E-state index is -0.201. The predicted octanol–water partition coefficient (Wildman–Crippen LogP) is 6.82. The molecule has 0 radical (unpaired) electrons. The van der Waals surface area contributed by atoms with Gasteiger partial charge in [-0.3, -0.25) is 9.59 Å². The Balaban J connectivity index is 1.69. The highest BCUT2D eigenvalue weighted by Gasteiger charge is 2.36. The molecular weight excluding hydrogens is 440 g/mol. The van der Waals surface area contributed by atoms with Crippen molar-refractivity contribution in [3.8, 4) is 0 Å². The summed E-state index contributed by atoms with van der Waals surface area (Å²) in [7, 11) is 0. The molecule has 1 aromatic heterocycles. The van der Waals surface area contributed by atoms with Crippen LogP contribution in [0.5, 0.6) is 0 Å². The Bertz CT molecular complexity index is 1010. The van der Waals surface area contributed by atoms with Crippen LogP contribution in [0.1, 0.15) is 84.5 Å². The number of hydrogen-bond acceptors (Lipinski definition) is 3. The Labute approximate surface area is 200 Å². The number of likely N-dealkylation sites (tertiary alicyclic amines) is 1. The van der Waals surface area contributed by atoms with E-state index in [-0.39, 0.29) is 23.3 Å². The first kappa shape index (κ1) is 23.3. The normalized spacial score (nSPS) is 21.2. The van der Waals surface area contributed by atoms with E-state index in [2.05, 4.69) is 33.0 Å². The van der Waals surface area contributed by atoms with Crippen molar-refractivity contribution >= 4 is 39.8 Å². The summed E-state index contributed by atoms with van der Waals surface area (Å²) in [5.41, 5.74) is 2.65. The second-order valence-corrected chi connectivity index (χ2v) is 11.9. The highest BCUT2D eigenvalue weighted by Crippen LogP contribution is 2.45. The largest absolute Gasteiger partial charge is 0.336 e. The number of amides is 2. The lowest BCUT2D eigenvalue weighted by molar-refractivity contribution is 0.0635. The van der Waals surface area contributed by atoms with Crippen LogP contribution in [0.15, 0.2) is 24.3 Å². The number of nitrogens with zero attached hydrogens (tertiary/aromatic N) is 1. The maximum absolute atomic E-state index is 13.8. The molecule has 6 heteroatoms. The van der Waals surface area contributed by atoms with E-state index in [1.54, 1.807) is 35.6 Å². The first-order valence-corrected chi connectivity index (χ1v) is 12.9. The van der Waals surface area contributed by atoms with Crippen molar-refractivity contribution in [3.63, 3.8) is 0 Å². The van der Waals surface area contributed by atoms with Crippen LogP contribution in [-0.4, -0.2) is 29.3 Å². The lowest BCUT2D eigenvalue weighted by Gasteiger charge is -2.35. The fourth-order valence-corrected chi connectivity index (χ4v) is 6.40. The number of carbonyl (C=O) groups is 2. The third-order valence-electron chi connectivity index (χ3n) is 7.10. The summed E-state index contributed by atoms with van der Waals surface area (Å²) in [5.74, 6) is 0.453. The Morgan fingerprint density at radius 3 is 2.50 bits per heavy atom. The van der Waals surface area contributed by atoms with E-state index in [4.69, 9.17) is 11.6 Å². The molecule has 1 aliphatic heterocycles. The molecule has 2 unspecified atom stereocenters. The third kappa shape index (κ3) is 4.74. The van der Waals surface area contributed by atoms with Gasteiger partial charge in [0.05, 0.1) is 5.56 Å². The van der Waals surface area contributed by atoms with E-state index in [1.165, 1.54) is 11.3 Å². The quantitative estimate of drug-likeness (QED) is 0.532. The summed E-state index contributed by atoms with van der Waals surface area (Å²) >= 11 is 7.58. The maximum Gasteiger partial charge on any atom is 0.257 e. The van der Waals surface area contributed by atoms with Crippen LogP contribution in [0.25, 0.3) is 0 Å². The van der Waals surface area contributed by atoms with Gasteiger partial charge in [-0.2, -0.15) is 0 Å². The van der Waals surface area contributed by atoms with Crippen LogP contribution in [0.2, 0.25) is 5.02 Å². The van der Waals surface area contributed by atoms with Crippen molar-refractivity contribution in [1.29, 1.82) is 0 Å². The van der Waals surface area contributed by atoms with E-state index >= 15 is 0 Å². The van der Waals surface area contributed by atoms with Gasteiger partial charge in [0.2, 0.25) is 0 Å². The smallest absolute Gasteiger partial charge is 0.257 e. The van der Waals surface area contributed by atoms with Gasteiger partial charge in [-0.05, 0) is 86.6 Å². The number of rotatable bonds is 3. The van der Waals surface area contributed by atoms with Crippen molar-refractivity contribution in [1.82, 2.24) is 4.90 Å². The fraction of sp³-hybridized carbons (Fsp3) is 0.538. The number of piperidine rings is 1. The van der Waals surface area contributed by atoms with Crippen molar-refractivity contribution in [2.24, 2.45) is 11.3 Å². The minimum Gasteiger partial charge on any atom is -0.336 e. The second-order valence-electron chi connectivity index (χ2n) is 10.3. The maximum atomic E-state index is 13.8. The van der Waals surface area contributed by atoms with Crippen LogP contribution in [0.3, 0.4) is 0 Å². The van der Waals surface area contributed by atoms with Gasteiger partial charge in [0.25, 0.3) is 11.8 Å². The molecule has 0 spiro atoms. The first-order chi connectivity index (χ1) is 15.1. The molecule has 1 saturated heterocycles. The van der Waals surface area contributed by atoms with Crippen LogP contribution in [0.4, 0.5) is 5.00 Å². The number of anilines is 1. The SMILES string of the molecule is CC1CCCCN1C(=O)c1c(NC(=O)c2ccc(Cl)cc2)sc2c1CCC(C(C)(C)C)C2. The molecular formula is C26H33ClN2O2S. The van der Waals surface area contributed by atoms with Crippen molar-refractivity contribution in [3.05, 3.63) is 50.9 Å². The zero-order chi connectivity index (χ0) is 23.0. The molecule has 2 aliphatic rings. The number of halogens is 1. The Morgan fingerprint density at radius 1 is 1.12 bits per heavy atom. The third-order valence-corrected chi connectivity index (χ3v) is 8.52. The average molecular weight is 473 g/mol. The van der Waals surface area contributed by atoms with E-state index < -0.39 is 0 Å². The minimum absolute atomic E-state index is 0.0790. The van der Waals surface area contributed by atoms with Crippen LogP contribution >= 0.6 is 22.9 Å². The Kier molecular flexibility index (Phi) is 6.69. The van der Waals surface area contributed by atoms with Crippen LogP contribution in [0, 0.1) is 11.3 Å². The van der Waals surface area contributed by atoms with Gasteiger partial charge in [-0.1, -0.05) is 32.4 Å². The van der Waals surface area contributed by atoms with Crippen molar-refractivity contribution in [2.75, 3.05) is 11.9 Å². The van der Waals surface area contributed by atoms with Gasteiger partial charge in [0.1, 0.15) is 5.00 Å². The number of hydrogen-bond donors (Lipinski definition) is 1. The molecule has 2 aromatic rings. The molecule has 0 saturated carbocycles. The molecule has 1 aliphatic carbocycles. The lowest BCUT2D eigenvalue weighted by Crippen LogP contribution is -2.42. The van der Waals surface area contributed by atoms with Crippen LogP contribution in [-0.2, 0) is 12.8 Å². The number of nitrogens with one attached hydrogen (secondary N) is 1. The van der Waals surface area contributed by atoms with Gasteiger partial charge in [-0.15, -0.1) is 11.3 Å². The second kappa shape index (κ2) is 9.18. The fourth-order valence-electron chi connectivity index (χ4n) is 4.96. The molecule has 172 valence electrons. The lowest BCUT2D eigenvalue weighted by atomic mass is 9.72. The Hall–Kier alpha value is -1.85.